The molecule has 0 aliphatic carbocycles. The molecule has 1 aromatic carbocycles. The van der Waals surface area contributed by atoms with Crippen molar-refractivity contribution in [3.63, 3.8) is 0 Å². The Balaban J connectivity index is 1.96. The maximum atomic E-state index is 12.4. The van der Waals surface area contributed by atoms with Gasteiger partial charge in [0.1, 0.15) is 0 Å². The minimum absolute atomic E-state index is 0.0500. The molecule has 21 heavy (non-hydrogen) atoms. The lowest BCUT2D eigenvalue weighted by Gasteiger charge is -2.30. The first kappa shape index (κ1) is 15.5. The molecule has 0 radical (unpaired) electrons. The first-order valence-corrected chi connectivity index (χ1v) is 7.65. The summed E-state index contributed by atoms with van der Waals surface area (Å²) < 4.78 is 0. The maximum absolute atomic E-state index is 12.4. The zero-order valence-corrected chi connectivity index (χ0v) is 12.8. The van der Waals surface area contributed by atoms with Crippen LogP contribution in [0.5, 0.6) is 0 Å². The molecular formula is C17H24N2O2. The van der Waals surface area contributed by atoms with Gasteiger partial charge in [0.2, 0.25) is 5.91 Å². The third-order valence-corrected chi connectivity index (χ3v) is 4.03. The van der Waals surface area contributed by atoms with Gasteiger partial charge in [-0.05, 0) is 42.9 Å². The molecule has 4 nitrogen and oxygen atoms in total. The molecule has 0 spiro atoms. The van der Waals surface area contributed by atoms with Gasteiger partial charge in [0, 0.05) is 24.6 Å². The number of likely N-dealkylation sites (tertiary alicyclic amines) is 1. The van der Waals surface area contributed by atoms with Crippen molar-refractivity contribution in [2.45, 2.75) is 33.1 Å². The molecule has 114 valence electrons. The van der Waals surface area contributed by atoms with Crippen LogP contribution >= 0.6 is 0 Å². The van der Waals surface area contributed by atoms with Crippen LogP contribution in [0.15, 0.2) is 24.3 Å². The van der Waals surface area contributed by atoms with Crippen molar-refractivity contribution in [1.29, 1.82) is 0 Å². The van der Waals surface area contributed by atoms with Gasteiger partial charge in [-0.1, -0.05) is 26.0 Å². The number of nitrogens with zero attached hydrogens (tertiary/aromatic N) is 1. The van der Waals surface area contributed by atoms with E-state index in [-0.39, 0.29) is 17.7 Å². The molecule has 1 aliphatic rings. The zero-order valence-electron chi connectivity index (χ0n) is 12.8. The Hall–Kier alpha value is -1.84. The van der Waals surface area contributed by atoms with Crippen molar-refractivity contribution in [1.82, 2.24) is 4.90 Å². The Morgan fingerprint density at radius 3 is 2.24 bits per heavy atom. The van der Waals surface area contributed by atoms with Crippen molar-refractivity contribution < 1.29 is 9.59 Å². The van der Waals surface area contributed by atoms with Crippen molar-refractivity contribution in [3.05, 3.63) is 35.4 Å². The quantitative estimate of drug-likeness (QED) is 0.923. The monoisotopic (exact) mass is 288 g/mol. The van der Waals surface area contributed by atoms with E-state index in [4.69, 9.17) is 5.73 Å². The zero-order chi connectivity index (χ0) is 15.4. The second-order valence-electron chi connectivity index (χ2n) is 6.26. The van der Waals surface area contributed by atoms with E-state index in [2.05, 4.69) is 13.8 Å². The molecule has 0 saturated carbocycles. The van der Waals surface area contributed by atoms with Crippen LogP contribution < -0.4 is 5.73 Å². The highest BCUT2D eigenvalue weighted by Crippen LogP contribution is 2.19. The van der Waals surface area contributed by atoms with Crippen LogP contribution in [0.1, 0.15) is 42.6 Å². The number of carbonyl (C=O) groups is 2. The smallest absolute Gasteiger partial charge is 0.253 e. The van der Waals surface area contributed by atoms with E-state index in [1.54, 1.807) is 0 Å². The minimum Gasteiger partial charge on any atom is -0.369 e. The molecule has 0 aromatic heterocycles. The summed E-state index contributed by atoms with van der Waals surface area (Å²) >= 11 is 0. The third kappa shape index (κ3) is 4.06. The normalized spacial score (nSPS) is 16.2. The third-order valence-electron chi connectivity index (χ3n) is 4.03. The lowest BCUT2D eigenvalue weighted by atomic mass is 9.95. The van der Waals surface area contributed by atoms with E-state index < -0.39 is 0 Å². The van der Waals surface area contributed by atoms with Gasteiger partial charge >= 0.3 is 0 Å². The first-order valence-electron chi connectivity index (χ1n) is 7.65. The summed E-state index contributed by atoms with van der Waals surface area (Å²) in [5.41, 5.74) is 7.29. The highest BCUT2D eigenvalue weighted by molar-refractivity contribution is 5.94. The second kappa shape index (κ2) is 6.74. The van der Waals surface area contributed by atoms with Crippen LogP contribution in [-0.2, 0) is 11.2 Å². The fourth-order valence-corrected chi connectivity index (χ4v) is 2.80. The summed E-state index contributed by atoms with van der Waals surface area (Å²) in [5.74, 6) is 0.330. The molecule has 0 unspecified atom stereocenters. The summed E-state index contributed by atoms with van der Waals surface area (Å²) in [7, 11) is 0. The Bertz CT molecular complexity index is 500. The van der Waals surface area contributed by atoms with Crippen LogP contribution in [-0.4, -0.2) is 29.8 Å². The van der Waals surface area contributed by atoms with Crippen molar-refractivity contribution in [3.8, 4) is 0 Å². The van der Waals surface area contributed by atoms with E-state index >= 15 is 0 Å². The SMILES string of the molecule is CC(C)Cc1ccc(C(=O)N2CCC(C(N)=O)CC2)cc1. The number of primary amides is 1. The van der Waals surface area contributed by atoms with Crippen LogP contribution in [0.3, 0.4) is 0 Å². The summed E-state index contributed by atoms with van der Waals surface area (Å²) in [4.78, 5) is 25.4. The van der Waals surface area contributed by atoms with Crippen LogP contribution in [0.4, 0.5) is 0 Å². The maximum Gasteiger partial charge on any atom is 0.253 e. The summed E-state index contributed by atoms with van der Waals surface area (Å²) in [6, 6.07) is 7.87. The fourth-order valence-electron chi connectivity index (χ4n) is 2.80. The van der Waals surface area contributed by atoms with E-state index in [0.29, 0.717) is 31.8 Å². The van der Waals surface area contributed by atoms with E-state index in [1.165, 1.54) is 5.56 Å². The molecule has 4 heteroatoms. The van der Waals surface area contributed by atoms with Crippen LogP contribution in [0.2, 0.25) is 0 Å². The van der Waals surface area contributed by atoms with Gasteiger partial charge in [0.15, 0.2) is 0 Å². The molecule has 0 atom stereocenters. The highest BCUT2D eigenvalue weighted by atomic mass is 16.2. The Kier molecular flexibility index (Phi) is 4.99. The lowest BCUT2D eigenvalue weighted by molar-refractivity contribution is -0.123. The topological polar surface area (TPSA) is 63.4 Å². The Morgan fingerprint density at radius 2 is 1.76 bits per heavy atom. The van der Waals surface area contributed by atoms with Crippen molar-refractivity contribution in [2.24, 2.45) is 17.6 Å². The summed E-state index contributed by atoms with van der Waals surface area (Å²) in [6.07, 6.45) is 2.37. The average molecular weight is 288 g/mol. The molecule has 1 heterocycles. The summed E-state index contributed by atoms with van der Waals surface area (Å²) in [6.45, 7) is 5.59. The van der Waals surface area contributed by atoms with Gasteiger partial charge in [-0.25, -0.2) is 0 Å². The van der Waals surface area contributed by atoms with Gasteiger partial charge < -0.3 is 10.6 Å². The number of amides is 2. The molecule has 1 fully saturated rings. The Morgan fingerprint density at radius 1 is 1.19 bits per heavy atom. The number of rotatable bonds is 4. The van der Waals surface area contributed by atoms with Crippen molar-refractivity contribution in [2.75, 3.05) is 13.1 Å². The molecule has 1 aliphatic heterocycles. The van der Waals surface area contributed by atoms with Gasteiger partial charge in [0.25, 0.3) is 5.91 Å². The van der Waals surface area contributed by atoms with E-state index in [1.807, 2.05) is 29.2 Å². The molecular weight excluding hydrogens is 264 g/mol. The average Bonchev–Trinajstić information content (AvgIpc) is 2.47. The van der Waals surface area contributed by atoms with Crippen LogP contribution in [0, 0.1) is 11.8 Å². The summed E-state index contributed by atoms with van der Waals surface area (Å²) in [5, 5.41) is 0. The number of piperidine rings is 1. The van der Waals surface area contributed by atoms with Crippen molar-refractivity contribution >= 4 is 11.8 Å². The molecule has 2 rings (SSSR count). The lowest BCUT2D eigenvalue weighted by Crippen LogP contribution is -2.41. The highest BCUT2D eigenvalue weighted by Gasteiger charge is 2.26. The molecule has 2 amide bonds. The number of benzene rings is 1. The molecule has 1 aromatic rings. The second-order valence-corrected chi connectivity index (χ2v) is 6.26. The van der Waals surface area contributed by atoms with Gasteiger partial charge in [-0.15, -0.1) is 0 Å². The number of hydrogen-bond acceptors (Lipinski definition) is 2. The van der Waals surface area contributed by atoms with E-state index in [0.717, 1.165) is 12.0 Å². The predicted molar refractivity (Wildman–Crippen MR) is 82.8 cm³/mol. The Labute approximate surface area is 126 Å². The number of carbonyl (C=O) groups excluding carboxylic acids is 2. The van der Waals surface area contributed by atoms with E-state index in [9.17, 15) is 9.59 Å². The first-order chi connectivity index (χ1) is 9.97. The van der Waals surface area contributed by atoms with Gasteiger partial charge in [-0.2, -0.15) is 0 Å². The number of hydrogen-bond donors (Lipinski definition) is 1. The number of nitrogens with two attached hydrogens (primary N) is 1. The van der Waals surface area contributed by atoms with Gasteiger partial charge in [-0.3, -0.25) is 9.59 Å². The largest absolute Gasteiger partial charge is 0.369 e. The minimum atomic E-state index is -0.250. The van der Waals surface area contributed by atoms with Gasteiger partial charge in [0.05, 0.1) is 0 Å². The predicted octanol–water partition coefficient (Wildman–Crippen LogP) is 2.22. The molecule has 2 N–H and O–H groups in total. The molecule has 0 bridgehead atoms. The molecule has 1 saturated heterocycles. The van der Waals surface area contributed by atoms with Crippen LogP contribution in [0.25, 0.3) is 0 Å². The standard InChI is InChI=1S/C17H24N2O2/c1-12(2)11-13-3-5-15(6-4-13)17(21)19-9-7-14(8-10-19)16(18)20/h3-6,12,14H,7-11H2,1-2H3,(H2,18,20). The fraction of sp³-hybridized carbons (Fsp3) is 0.529.